The number of anilines is 1. The number of nitrogen functional groups attached to an aromatic ring is 1. The van der Waals surface area contributed by atoms with Gasteiger partial charge in [0.25, 0.3) is 0 Å². The van der Waals surface area contributed by atoms with E-state index in [1.807, 2.05) is 0 Å². The van der Waals surface area contributed by atoms with Crippen LogP contribution in [-0.4, -0.2) is 18.6 Å². The van der Waals surface area contributed by atoms with Gasteiger partial charge >= 0.3 is 0 Å². The first-order valence-corrected chi connectivity index (χ1v) is 6.88. The average Bonchev–Trinajstić information content (AvgIpc) is 2.83. The number of aromatic amines is 1. The van der Waals surface area contributed by atoms with Gasteiger partial charge in [0.05, 0.1) is 17.9 Å². The number of halogens is 1. The van der Waals surface area contributed by atoms with Crippen LogP contribution in [0.2, 0.25) is 5.02 Å². The summed E-state index contributed by atoms with van der Waals surface area (Å²) in [5.41, 5.74) is 6.43. The van der Waals surface area contributed by atoms with Crippen molar-refractivity contribution in [3.63, 3.8) is 0 Å². The zero-order valence-corrected chi connectivity index (χ0v) is 10.8. The molecule has 0 atom stereocenters. The Kier molecular flexibility index (Phi) is 3.55. The number of rotatable bonds is 4. The van der Waals surface area contributed by atoms with Crippen molar-refractivity contribution in [2.45, 2.75) is 11.4 Å². The van der Waals surface area contributed by atoms with E-state index in [4.69, 9.17) is 17.3 Å². The summed E-state index contributed by atoms with van der Waals surface area (Å²) >= 11 is 5.76. The molecule has 4 N–H and O–H groups in total. The molecule has 96 valence electrons. The average molecular weight is 287 g/mol. The molecule has 2 rings (SSSR count). The molecular weight excluding hydrogens is 276 g/mol. The highest BCUT2D eigenvalue weighted by Crippen LogP contribution is 2.22. The van der Waals surface area contributed by atoms with Crippen molar-refractivity contribution in [2.75, 3.05) is 5.73 Å². The molecule has 0 aliphatic rings. The molecule has 18 heavy (non-hydrogen) atoms. The van der Waals surface area contributed by atoms with Gasteiger partial charge in [0.15, 0.2) is 0 Å². The molecular formula is C10H11ClN4O2S. The van der Waals surface area contributed by atoms with Crippen molar-refractivity contribution in [2.24, 2.45) is 0 Å². The number of nitrogens with zero attached hydrogens (tertiary/aromatic N) is 1. The smallest absolute Gasteiger partial charge is 0.243 e. The van der Waals surface area contributed by atoms with Crippen LogP contribution in [-0.2, 0) is 16.6 Å². The number of aromatic nitrogens is 2. The number of H-pyrrole nitrogens is 1. The Morgan fingerprint density at radius 1 is 1.39 bits per heavy atom. The van der Waals surface area contributed by atoms with Gasteiger partial charge in [-0.05, 0) is 24.3 Å². The van der Waals surface area contributed by atoms with Gasteiger partial charge in [-0.1, -0.05) is 11.6 Å². The lowest BCUT2D eigenvalue weighted by atomic mass is 10.3. The van der Waals surface area contributed by atoms with Gasteiger partial charge in [-0.15, -0.1) is 0 Å². The van der Waals surface area contributed by atoms with E-state index in [-0.39, 0.29) is 17.1 Å². The van der Waals surface area contributed by atoms with Crippen molar-refractivity contribution in [1.82, 2.24) is 14.9 Å². The Balaban J connectivity index is 2.22. The van der Waals surface area contributed by atoms with E-state index in [2.05, 4.69) is 14.9 Å². The Labute approximate surface area is 109 Å². The minimum absolute atomic E-state index is 0.0329. The van der Waals surface area contributed by atoms with Crippen molar-refractivity contribution in [3.8, 4) is 0 Å². The fourth-order valence-electron chi connectivity index (χ4n) is 1.37. The number of nitrogens with one attached hydrogen (secondary N) is 2. The van der Waals surface area contributed by atoms with E-state index >= 15 is 0 Å². The van der Waals surface area contributed by atoms with E-state index in [0.717, 1.165) is 0 Å². The molecule has 1 aromatic carbocycles. The largest absolute Gasteiger partial charge is 0.398 e. The lowest BCUT2D eigenvalue weighted by Gasteiger charge is -2.08. The van der Waals surface area contributed by atoms with Gasteiger partial charge in [-0.2, -0.15) is 5.10 Å². The first-order chi connectivity index (χ1) is 8.49. The van der Waals surface area contributed by atoms with Gasteiger partial charge < -0.3 is 5.73 Å². The molecule has 0 aliphatic carbocycles. The SMILES string of the molecule is Nc1ccc(Cl)cc1S(=O)(=O)NCc1ccn[nH]1. The van der Waals surface area contributed by atoms with Crippen molar-refractivity contribution in [1.29, 1.82) is 0 Å². The topological polar surface area (TPSA) is 101 Å². The van der Waals surface area contributed by atoms with Gasteiger partial charge in [-0.3, -0.25) is 5.10 Å². The fourth-order valence-corrected chi connectivity index (χ4v) is 2.77. The molecule has 0 aliphatic heterocycles. The van der Waals surface area contributed by atoms with E-state index in [1.165, 1.54) is 24.4 Å². The predicted molar refractivity (Wildman–Crippen MR) is 68.5 cm³/mol. The number of benzene rings is 1. The summed E-state index contributed by atoms with van der Waals surface area (Å²) in [5, 5.41) is 6.69. The molecule has 2 aromatic rings. The van der Waals surface area contributed by atoms with Crippen LogP contribution in [0.1, 0.15) is 5.69 Å². The van der Waals surface area contributed by atoms with Crippen LogP contribution in [0, 0.1) is 0 Å². The maximum atomic E-state index is 12.0. The highest BCUT2D eigenvalue weighted by Gasteiger charge is 2.17. The third kappa shape index (κ3) is 2.81. The number of nitrogens with two attached hydrogens (primary N) is 1. The van der Waals surface area contributed by atoms with Crippen LogP contribution in [0.5, 0.6) is 0 Å². The Morgan fingerprint density at radius 3 is 2.83 bits per heavy atom. The summed E-state index contributed by atoms with van der Waals surface area (Å²) in [4.78, 5) is -0.0329. The summed E-state index contributed by atoms with van der Waals surface area (Å²) in [6, 6.07) is 5.97. The molecule has 0 saturated carbocycles. The molecule has 1 heterocycles. The highest BCUT2D eigenvalue weighted by atomic mass is 35.5. The molecule has 0 spiro atoms. The van der Waals surface area contributed by atoms with E-state index < -0.39 is 10.0 Å². The Morgan fingerprint density at radius 2 is 2.17 bits per heavy atom. The number of sulfonamides is 1. The maximum Gasteiger partial charge on any atom is 0.243 e. The normalized spacial score (nSPS) is 11.6. The lowest BCUT2D eigenvalue weighted by Crippen LogP contribution is -2.24. The van der Waals surface area contributed by atoms with Gasteiger partial charge in [-0.25, -0.2) is 13.1 Å². The standard InChI is InChI=1S/C10H11ClN4O2S/c11-7-1-2-9(12)10(5-7)18(16,17)14-6-8-3-4-13-15-8/h1-5,14H,6,12H2,(H,13,15). The molecule has 0 unspecified atom stereocenters. The zero-order chi connectivity index (χ0) is 13.2. The monoisotopic (exact) mass is 286 g/mol. The molecule has 0 fully saturated rings. The molecule has 1 aromatic heterocycles. The van der Waals surface area contributed by atoms with Gasteiger partial charge in [0.2, 0.25) is 10.0 Å². The summed E-state index contributed by atoms with van der Waals surface area (Å²) < 4.78 is 26.4. The van der Waals surface area contributed by atoms with Crippen LogP contribution >= 0.6 is 11.6 Å². The Bertz CT molecular complexity index is 640. The second-order valence-corrected chi connectivity index (χ2v) is 5.76. The molecule has 0 bridgehead atoms. The van der Waals surface area contributed by atoms with Crippen molar-refractivity contribution >= 4 is 27.3 Å². The quantitative estimate of drug-likeness (QED) is 0.733. The van der Waals surface area contributed by atoms with Crippen LogP contribution in [0.4, 0.5) is 5.69 Å². The van der Waals surface area contributed by atoms with Crippen LogP contribution in [0.15, 0.2) is 35.4 Å². The van der Waals surface area contributed by atoms with E-state index in [1.54, 1.807) is 6.07 Å². The van der Waals surface area contributed by atoms with Gasteiger partial charge in [0, 0.05) is 11.2 Å². The van der Waals surface area contributed by atoms with Crippen LogP contribution in [0.25, 0.3) is 0 Å². The first kappa shape index (κ1) is 12.9. The van der Waals surface area contributed by atoms with Crippen LogP contribution < -0.4 is 10.5 Å². The molecule has 8 heteroatoms. The summed E-state index contributed by atoms with van der Waals surface area (Å²) in [5.74, 6) is 0. The highest BCUT2D eigenvalue weighted by molar-refractivity contribution is 7.89. The maximum absolute atomic E-state index is 12.0. The minimum atomic E-state index is -3.70. The molecule has 0 radical (unpaired) electrons. The third-order valence-electron chi connectivity index (χ3n) is 2.28. The molecule has 0 saturated heterocycles. The summed E-state index contributed by atoms with van der Waals surface area (Å²) in [6.07, 6.45) is 1.54. The summed E-state index contributed by atoms with van der Waals surface area (Å²) in [6.45, 7) is 0.105. The number of hydrogen-bond acceptors (Lipinski definition) is 4. The van der Waals surface area contributed by atoms with Crippen molar-refractivity contribution < 1.29 is 8.42 Å². The first-order valence-electron chi connectivity index (χ1n) is 5.02. The zero-order valence-electron chi connectivity index (χ0n) is 9.22. The third-order valence-corrected chi connectivity index (χ3v) is 3.97. The second-order valence-electron chi connectivity index (χ2n) is 3.59. The van der Waals surface area contributed by atoms with Crippen LogP contribution in [0.3, 0.4) is 0 Å². The van der Waals surface area contributed by atoms with E-state index in [0.29, 0.717) is 10.7 Å². The predicted octanol–water partition coefficient (Wildman–Crippen LogP) is 1.12. The Hall–Kier alpha value is -1.57. The lowest BCUT2D eigenvalue weighted by molar-refractivity contribution is 0.581. The molecule has 0 amide bonds. The fraction of sp³-hybridized carbons (Fsp3) is 0.100. The second kappa shape index (κ2) is 4.97. The van der Waals surface area contributed by atoms with Gasteiger partial charge in [0.1, 0.15) is 4.90 Å². The minimum Gasteiger partial charge on any atom is -0.398 e. The van der Waals surface area contributed by atoms with Crippen molar-refractivity contribution in [3.05, 3.63) is 41.2 Å². The number of hydrogen-bond donors (Lipinski definition) is 3. The summed E-state index contributed by atoms with van der Waals surface area (Å²) in [7, 11) is -3.70. The van der Waals surface area contributed by atoms with E-state index in [9.17, 15) is 8.42 Å². The molecule has 6 nitrogen and oxygen atoms in total.